The van der Waals surface area contributed by atoms with Crippen LogP contribution in [0.3, 0.4) is 0 Å². The van der Waals surface area contributed by atoms with Gasteiger partial charge in [0.25, 0.3) is 0 Å². The molecule has 0 aliphatic heterocycles. The van der Waals surface area contributed by atoms with Gasteiger partial charge < -0.3 is 10.5 Å². The molecule has 2 aromatic rings. The highest BCUT2D eigenvalue weighted by Crippen LogP contribution is 2.21. The van der Waals surface area contributed by atoms with E-state index < -0.39 is 11.7 Å². The molecule has 21 heavy (non-hydrogen) atoms. The zero-order chi connectivity index (χ0) is 15.5. The predicted molar refractivity (Wildman–Crippen MR) is 81.7 cm³/mol. The Hall–Kier alpha value is -2.63. The van der Waals surface area contributed by atoms with Gasteiger partial charge in [-0.05, 0) is 39.0 Å². The quantitative estimate of drug-likeness (QED) is 0.885. The van der Waals surface area contributed by atoms with Crippen LogP contribution in [0.2, 0.25) is 0 Å². The lowest BCUT2D eigenvalue weighted by Crippen LogP contribution is -2.27. The lowest BCUT2D eigenvalue weighted by molar-refractivity contribution is 0.0636. The minimum atomic E-state index is -0.546. The van der Waals surface area contributed by atoms with Crippen LogP contribution >= 0.6 is 0 Å². The number of carbonyl (C=O) groups is 1. The third-order valence-corrected chi connectivity index (χ3v) is 2.50. The number of nitrogens with zero attached hydrogens (tertiary/aromatic N) is 2. The van der Waals surface area contributed by atoms with Crippen LogP contribution in [-0.4, -0.2) is 21.7 Å². The van der Waals surface area contributed by atoms with E-state index in [1.165, 1.54) is 0 Å². The molecule has 2 aromatic heterocycles. The topological polar surface area (TPSA) is 90.1 Å². The Balaban J connectivity index is 2.14. The number of aromatic nitrogens is 2. The first-order chi connectivity index (χ1) is 9.83. The molecule has 2 heterocycles. The van der Waals surface area contributed by atoms with Gasteiger partial charge in [0.15, 0.2) is 0 Å². The molecular weight excluding hydrogens is 268 g/mol. The van der Waals surface area contributed by atoms with Gasteiger partial charge >= 0.3 is 6.09 Å². The molecule has 0 aromatic carbocycles. The summed E-state index contributed by atoms with van der Waals surface area (Å²) in [7, 11) is 0. The number of nitrogens with two attached hydrogens (primary N) is 1. The molecule has 0 bridgehead atoms. The van der Waals surface area contributed by atoms with Gasteiger partial charge in [0.1, 0.15) is 11.4 Å². The first-order valence-electron chi connectivity index (χ1n) is 6.50. The molecule has 0 spiro atoms. The molecule has 0 atom stereocenters. The maximum atomic E-state index is 11.7. The molecule has 1 amide bonds. The molecule has 0 unspecified atom stereocenters. The van der Waals surface area contributed by atoms with Gasteiger partial charge in [-0.2, -0.15) is 0 Å². The van der Waals surface area contributed by atoms with E-state index in [9.17, 15) is 4.79 Å². The molecule has 2 rings (SSSR count). The van der Waals surface area contributed by atoms with E-state index in [1.54, 1.807) is 51.5 Å². The van der Waals surface area contributed by atoms with Gasteiger partial charge in [-0.3, -0.25) is 10.3 Å². The molecule has 0 radical (unpaired) electrons. The number of ether oxygens (including phenoxy) is 1. The number of amides is 1. The van der Waals surface area contributed by atoms with E-state index in [2.05, 4.69) is 15.3 Å². The van der Waals surface area contributed by atoms with Gasteiger partial charge in [0, 0.05) is 23.5 Å². The summed E-state index contributed by atoms with van der Waals surface area (Å²) in [6.07, 6.45) is 4.38. The minimum Gasteiger partial charge on any atom is -0.444 e. The van der Waals surface area contributed by atoms with Crippen LogP contribution in [0.4, 0.5) is 16.3 Å². The van der Waals surface area contributed by atoms with E-state index in [-0.39, 0.29) is 0 Å². The number of nitrogen functional groups attached to an aromatic ring is 1. The summed E-state index contributed by atoms with van der Waals surface area (Å²) in [6, 6.07) is 5.35. The highest BCUT2D eigenvalue weighted by atomic mass is 16.6. The van der Waals surface area contributed by atoms with Crippen LogP contribution in [0, 0.1) is 0 Å². The second-order valence-electron chi connectivity index (χ2n) is 5.56. The summed E-state index contributed by atoms with van der Waals surface area (Å²) in [6.45, 7) is 5.42. The summed E-state index contributed by atoms with van der Waals surface area (Å²) in [4.78, 5) is 19.9. The van der Waals surface area contributed by atoms with E-state index in [0.717, 1.165) is 11.1 Å². The van der Waals surface area contributed by atoms with Crippen molar-refractivity contribution < 1.29 is 9.53 Å². The van der Waals surface area contributed by atoms with Crippen LogP contribution in [0.25, 0.3) is 11.1 Å². The van der Waals surface area contributed by atoms with Crippen molar-refractivity contribution in [3.05, 3.63) is 36.8 Å². The van der Waals surface area contributed by atoms with Crippen molar-refractivity contribution in [2.45, 2.75) is 26.4 Å². The van der Waals surface area contributed by atoms with Crippen molar-refractivity contribution >= 4 is 17.6 Å². The number of hydrogen-bond acceptors (Lipinski definition) is 5. The third kappa shape index (κ3) is 4.45. The van der Waals surface area contributed by atoms with E-state index in [0.29, 0.717) is 11.5 Å². The first kappa shape index (κ1) is 14.8. The number of carbonyl (C=O) groups excluding carboxylic acids is 1. The van der Waals surface area contributed by atoms with Crippen LogP contribution < -0.4 is 11.1 Å². The normalized spacial score (nSPS) is 11.0. The Morgan fingerprint density at radius 1 is 1.19 bits per heavy atom. The number of nitrogens with one attached hydrogen (secondary N) is 1. The third-order valence-electron chi connectivity index (χ3n) is 2.50. The van der Waals surface area contributed by atoms with Crippen LogP contribution in [0.1, 0.15) is 20.8 Å². The molecule has 0 aliphatic rings. The largest absolute Gasteiger partial charge is 0.444 e. The van der Waals surface area contributed by atoms with Crippen LogP contribution in [-0.2, 0) is 4.74 Å². The molecule has 0 aliphatic carbocycles. The average Bonchev–Trinajstić information content (AvgIpc) is 2.37. The van der Waals surface area contributed by atoms with E-state index in [4.69, 9.17) is 10.5 Å². The molecule has 6 heteroatoms. The zero-order valence-corrected chi connectivity index (χ0v) is 12.3. The fourth-order valence-electron chi connectivity index (χ4n) is 1.66. The number of hydrogen-bond donors (Lipinski definition) is 2. The summed E-state index contributed by atoms with van der Waals surface area (Å²) >= 11 is 0. The Labute approximate surface area is 123 Å². The first-order valence-corrected chi connectivity index (χ1v) is 6.50. The molecular formula is C15H18N4O2. The smallest absolute Gasteiger partial charge is 0.412 e. The van der Waals surface area contributed by atoms with Gasteiger partial charge in [0.05, 0.1) is 11.9 Å². The van der Waals surface area contributed by atoms with Crippen molar-refractivity contribution in [1.82, 2.24) is 9.97 Å². The van der Waals surface area contributed by atoms with Gasteiger partial charge in [-0.25, -0.2) is 9.78 Å². The summed E-state index contributed by atoms with van der Waals surface area (Å²) in [5, 5.41) is 2.65. The Kier molecular flexibility index (Phi) is 4.07. The number of rotatable bonds is 2. The van der Waals surface area contributed by atoms with Gasteiger partial charge in [0.2, 0.25) is 0 Å². The monoisotopic (exact) mass is 286 g/mol. The van der Waals surface area contributed by atoms with Crippen molar-refractivity contribution in [3.8, 4) is 11.1 Å². The summed E-state index contributed by atoms with van der Waals surface area (Å²) in [5.41, 5.74) is 7.26. The Morgan fingerprint density at radius 2 is 1.95 bits per heavy atom. The van der Waals surface area contributed by atoms with E-state index in [1.807, 2.05) is 6.07 Å². The Bertz CT molecular complexity index is 633. The number of pyridine rings is 2. The average molecular weight is 286 g/mol. The summed E-state index contributed by atoms with van der Waals surface area (Å²) in [5.74, 6) is 0.453. The highest BCUT2D eigenvalue weighted by Gasteiger charge is 2.16. The van der Waals surface area contributed by atoms with E-state index >= 15 is 0 Å². The van der Waals surface area contributed by atoms with Crippen LogP contribution in [0.5, 0.6) is 0 Å². The standard InChI is InChI=1S/C15H18N4O2/c1-15(2,3)21-14(20)19-12-6-11(7-17-9-12)10-4-5-13(16)18-8-10/h4-9H,1-3H3,(H2,16,18)(H,19,20). The lowest BCUT2D eigenvalue weighted by Gasteiger charge is -2.19. The van der Waals surface area contributed by atoms with Crippen molar-refractivity contribution in [3.63, 3.8) is 0 Å². The maximum absolute atomic E-state index is 11.7. The van der Waals surface area contributed by atoms with Gasteiger partial charge in [-0.1, -0.05) is 0 Å². The predicted octanol–water partition coefficient (Wildman–Crippen LogP) is 3.07. The molecule has 110 valence electrons. The number of anilines is 2. The fourth-order valence-corrected chi connectivity index (χ4v) is 1.66. The second kappa shape index (κ2) is 5.78. The SMILES string of the molecule is CC(C)(C)OC(=O)Nc1cncc(-c2ccc(N)nc2)c1. The molecule has 0 saturated heterocycles. The van der Waals surface area contributed by atoms with Gasteiger partial charge in [-0.15, -0.1) is 0 Å². The summed E-state index contributed by atoms with van der Waals surface area (Å²) < 4.78 is 5.20. The maximum Gasteiger partial charge on any atom is 0.412 e. The molecule has 0 fully saturated rings. The highest BCUT2D eigenvalue weighted by molar-refractivity contribution is 5.85. The second-order valence-corrected chi connectivity index (χ2v) is 5.56. The van der Waals surface area contributed by atoms with Crippen LogP contribution in [0.15, 0.2) is 36.8 Å². The minimum absolute atomic E-state index is 0.453. The fraction of sp³-hybridized carbons (Fsp3) is 0.267. The van der Waals surface area contributed by atoms with Crippen molar-refractivity contribution in [2.24, 2.45) is 0 Å². The molecule has 0 saturated carbocycles. The molecule has 3 N–H and O–H groups in total. The lowest BCUT2D eigenvalue weighted by atomic mass is 10.1. The Morgan fingerprint density at radius 3 is 2.57 bits per heavy atom. The van der Waals surface area contributed by atoms with Crippen molar-refractivity contribution in [1.29, 1.82) is 0 Å². The zero-order valence-electron chi connectivity index (χ0n) is 12.3. The van der Waals surface area contributed by atoms with Crippen molar-refractivity contribution in [2.75, 3.05) is 11.1 Å². The molecule has 6 nitrogen and oxygen atoms in total.